The SMILES string of the molecule is O=C(Nc1ccc(CN2CC(C(=O)O)C2)cc1)OCc1ccccc1.O=C(O)C1CNC1.O=Cc1ccc(NC(=O)OCc2ccccc2)cc1. The number of hydrogen-bond donors (Lipinski definition) is 5. The van der Waals surface area contributed by atoms with Crippen molar-refractivity contribution >= 4 is 41.8 Å². The van der Waals surface area contributed by atoms with Crippen LogP contribution in [-0.4, -0.2) is 71.7 Å². The number of amides is 2. The van der Waals surface area contributed by atoms with Crippen molar-refractivity contribution in [2.24, 2.45) is 11.8 Å². The first-order valence-electron chi connectivity index (χ1n) is 16.2. The van der Waals surface area contributed by atoms with Gasteiger partial charge in [0.05, 0.1) is 11.8 Å². The number of carboxylic acid groups (broad SMARTS) is 2. The first-order chi connectivity index (χ1) is 24.7. The number of likely N-dealkylation sites (tertiary alicyclic amines) is 1. The van der Waals surface area contributed by atoms with Gasteiger partial charge in [-0.2, -0.15) is 0 Å². The maximum absolute atomic E-state index is 11.8. The van der Waals surface area contributed by atoms with E-state index in [1.165, 1.54) is 0 Å². The second-order valence-electron chi connectivity index (χ2n) is 11.7. The van der Waals surface area contributed by atoms with Crippen LogP contribution in [0, 0.1) is 11.8 Å². The first-order valence-corrected chi connectivity index (χ1v) is 16.2. The van der Waals surface area contributed by atoms with Gasteiger partial charge in [-0.25, -0.2) is 9.59 Å². The van der Waals surface area contributed by atoms with Crippen LogP contribution in [0.3, 0.4) is 0 Å². The van der Waals surface area contributed by atoms with Gasteiger partial charge in [0.1, 0.15) is 19.5 Å². The van der Waals surface area contributed by atoms with Gasteiger partial charge >= 0.3 is 24.1 Å². The van der Waals surface area contributed by atoms with E-state index in [9.17, 15) is 24.0 Å². The standard InChI is InChI=1S/C19H20N2O4.C15H13NO3.C4H7NO2/c22-18(23)16-11-21(12-16)10-14-6-8-17(9-7-14)20-19(24)25-13-15-4-2-1-3-5-15;17-10-12-6-8-14(9-7-12)16-15(18)19-11-13-4-2-1-3-5-13;6-4(7)3-1-5-2-3/h1-9,16H,10-13H2,(H,20,24)(H,22,23);1-10H,11H2,(H,16,18);3,5H,1-2H2,(H,6,7). The molecule has 0 saturated carbocycles. The monoisotopic (exact) mass is 696 g/mol. The molecule has 0 radical (unpaired) electrons. The molecule has 13 nitrogen and oxygen atoms in total. The topological polar surface area (TPSA) is 184 Å². The predicted molar refractivity (Wildman–Crippen MR) is 189 cm³/mol. The Labute approximate surface area is 295 Å². The summed E-state index contributed by atoms with van der Waals surface area (Å²) in [6.45, 7) is 3.62. The lowest BCUT2D eigenvalue weighted by atomic mass is 9.99. The average Bonchev–Trinajstić information content (AvgIpc) is 3.09. The van der Waals surface area contributed by atoms with E-state index in [0.29, 0.717) is 49.7 Å². The number of ether oxygens (including phenoxy) is 2. The summed E-state index contributed by atoms with van der Waals surface area (Å²) in [6.07, 6.45) is -0.274. The number of carboxylic acids is 2. The van der Waals surface area contributed by atoms with Crippen LogP contribution in [0.25, 0.3) is 0 Å². The number of carbonyl (C=O) groups excluding carboxylic acids is 3. The Morgan fingerprint density at radius 2 is 1.10 bits per heavy atom. The van der Waals surface area contributed by atoms with Gasteiger partial charge in [-0.15, -0.1) is 0 Å². The largest absolute Gasteiger partial charge is 0.481 e. The molecule has 2 aliphatic heterocycles. The van der Waals surface area contributed by atoms with Gasteiger partial charge in [-0.3, -0.25) is 29.9 Å². The van der Waals surface area contributed by atoms with Crippen LogP contribution < -0.4 is 16.0 Å². The summed E-state index contributed by atoms with van der Waals surface area (Å²) in [5, 5.41) is 25.2. The zero-order valence-corrected chi connectivity index (χ0v) is 27.8. The fraction of sp³-hybridized carbons (Fsp3) is 0.237. The number of hydrogen-bond acceptors (Lipinski definition) is 9. The molecule has 13 heteroatoms. The fourth-order valence-corrected chi connectivity index (χ4v) is 4.67. The lowest BCUT2D eigenvalue weighted by Gasteiger charge is -2.36. The van der Waals surface area contributed by atoms with E-state index in [0.717, 1.165) is 23.0 Å². The molecule has 2 heterocycles. The molecular weight excluding hydrogens is 656 g/mol. The van der Waals surface area contributed by atoms with Gasteiger partial charge in [-0.05, 0) is 53.1 Å². The third-order valence-electron chi connectivity index (χ3n) is 7.76. The van der Waals surface area contributed by atoms with Crippen molar-refractivity contribution in [3.05, 3.63) is 131 Å². The molecule has 2 aliphatic rings. The highest BCUT2D eigenvalue weighted by molar-refractivity contribution is 5.86. The summed E-state index contributed by atoms with van der Waals surface area (Å²) in [6, 6.07) is 32.9. The van der Waals surface area contributed by atoms with Crippen LogP contribution in [-0.2, 0) is 38.8 Å². The molecule has 0 aliphatic carbocycles. The molecule has 4 aromatic rings. The minimum Gasteiger partial charge on any atom is -0.481 e. The van der Waals surface area contributed by atoms with E-state index in [4.69, 9.17) is 19.7 Å². The fourth-order valence-electron chi connectivity index (χ4n) is 4.67. The van der Waals surface area contributed by atoms with E-state index in [-0.39, 0.29) is 25.0 Å². The number of carbonyl (C=O) groups is 5. The van der Waals surface area contributed by atoms with Gasteiger partial charge in [0.15, 0.2) is 0 Å². The molecule has 2 amide bonds. The van der Waals surface area contributed by atoms with Crippen LogP contribution in [0.4, 0.5) is 21.0 Å². The van der Waals surface area contributed by atoms with E-state index < -0.39 is 24.1 Å². The van der Waals surface area contributed by atoms with Crippen molar-refractivity contribution in [1.82, 2.24) is 10.2 Å². The average molecular weight is 697 g/mol. The van der Waals surface area contributed by atoms with Crippen molar-refractivity contribution < 1.29 is 43.7 Å². The molecule has 266 valence electrons. The van der Waals surface area contributed by atoms with Crippen LogP contribution >= 0.6 is 0 Å². The number of aliphatic carboxylic acids is 2. The predicted octanol–water partition coefficient (Wildman–Crippen LogP) is 5.49. The zero-order chi connectivity index (χ0) is 36.4. The van der Waals surface area contributed by atoms with Crippen molar-refractivity contribution in [2.45, 2.75) is 19.8 Å². The Kier molecular flexibility index (Phi) is 14.7. The lowest BCUT2D eigenvalue weighted by molar-refractivity contribution is -0.148. The Balaban J connectivity index is 0.000000197. The molecule has 0 spiro atoms. The number of benzene rings is 4. The molecule has 6 rings (SSSR count). The maximum Gasteiger partial charge on any atom is 0.411 e. The smallest absolute Gasteiger partial charge is 0.411 e. The van der Waals surface area contributed by atoms with Crippen molar-refractivity contribution in [2.75, 3.05) is 36.8 Å². The van der Waals surface area contributed by atoms with Crippen LogP contribution in [0.15, 0.2) is 109 Å². The van der Waals surface area contributed by atoms with Gasteiger partial charge in [0.2, 0.25) is 0 Å². The van der Waals surface area contributed by atoms with E-state index in [1.54, 1.807) is 24.3 Å². The third-order valence-corrected chi connectivity index (χ3v) is 7.76. The van der Waals surface area contributed by atoms with Crippen LogP contribution in [0.1, 0.15) is 27.0 Å². The van der Waals surface area contributed by atoms with E-state index in [2.05, 4.69) is 20.9 Å². The van der Waals surface area contributed by atoms with Crippen molar-refractivity contribution in [3.8, 4) is 0 Å². The molecule has 0 atom stereocenters. The van der Waals surface area contributed by atoms with E-state index in [1.807, 2.05) is 84.9 Å². The molecule has 0 aromatic heterocycles. The summed E-state index contributed by atoms with van der Waals surface area (Å²) in [7, 11) is 0. The van der Waals surface area contributed by atoms with Gasteiger partial charge < -0.3 is 25.0 Å². The Morgan fingerprint density at radius 3 is 1.47 bits per heavy atom. The Morgan fingerprint density at radius 1 is 0.647 bits per heavy atom. The van der Waals surface area contributed by atoms with Gasteiger partial charge in [-0.1, -0.05) is 72.8 Å². The van der Waals surface area contributed by atoms with Crippen LogP contribution in [0.5, 0.6) is 0 Å². The molecule has 2 saturated heterocycles. The summed E-state index contributed by atoms with van der Waals surface area (Å²) in [5.74, 6) is -1.77. The minimum atomic E-state index is -0.732. The second-order valence-corrected chi connectivity index (χ2v) is 11.7. The molecule has 0 unspecified atom stereocenters. The highest BCUT2D eigenvalue weighted by Gasteiger charge is 2.32. The molecule has 4 aromatic carbocycles. The van der Waals surface area contributed by atoms with Gasteiger partial charge in [0.25, 0.3) is 0 Å². The van der Waals surface area contributed by atoms with Gasteiger partial charge in [0, 0.05) is 49.7 Å². The number of nitrogens with zero attached hydrogens (tertiary/aromatic N) is 1. The highest BCUT2D eigenvalue weighted by atomic mass is 16.6. The number of anilines is 2. The minimum absolute atomic E-state index is 0.111. The molecule has 2 fully saturated rings. The molecular formula is C38H40N4O9. The second kappa shape index (κ2) is 19.8. The van der Waals surface area contributed by atoms with E-state index >= 15 is 0 Å². The molecule has 5 N–H and O–H groups in total. The Bertz CT molecular complexity index is 1710. The summed E-state index contributed by atoms with van der Waals surface area (Å²) in [4.78, 5) is 56.6. The number of rotatable bonds is 11. The van der Waals surface area contributed by atoms with Crippen molar-refractivity contribution in [1.29, 1.82) is 0 Å². The Hall–Kier alpha value is -6.05. The normalized spacial score (nSPS) is 13.6. The quantitative estimate of drug-likeness (QED) is 0.125. The molecule has 51 heavy (non-hydrogen) atoms. The van der Waals surface area contributed by atoms with Crippen LogP contribution in [0.2, 0.25) is 0 Å². The maximum atomic E-state index is 11.8. The summed E-state index contributed by atoms with van der Waals surface area (Å²) >= 11 is 0. The zero-order valence-electron chi connectivity index (χ0n) is 27.8. The molecule has 0 bridgehead atoms. The first kappa shape index (κ1) is 37.8. The highest BCUT2D eigenvalue weighted by Crippen LogP contribution is 2.20. The summed E-state index contributed by atoms with van der Waals surface area (Å²) < 4.78 is 10.2. The van der Waals surface area contributed by atoms with Crippen molar-refractivity contribution in [3.63, 3.8) is 0 Å². The summed E-state index contributed by atoms with van der Waals surface area (Å²) in [5.41, 5.74) is 4.74. The number of nitrogens with one attached hydrogen (secondary N) is 3. The lowest BCUT2D eigenvalue weighted by Crippen LogP contribution is -2.49. The third kappa shape index (κ3) is 13.4. The number of aldehydes is 1.